The second-order valence-corrected chi connectivity index (χ2v) is 6.85. The monoisotopic (exact) mass is 257 g/mol. The molecule has 4 atom stereocenters. The van der Waals surface area contributed by atoms with Gasteiger partial charge in [-0.1, -0.05) is 6.42 Å². The Morgan fingerprint density at radius 1 is 1.21 bits per heavy atom. The first-order valence-corrected chi connectivity index (χ1v) is 7.89. The smallest absolute Gasteiger partial charge is 0.133 e. The maximum atomic E-state index is 4.69. The minimum Gasteiger partial charge on any atom is -0.367 e. The Labute approximate surface area is 115 Å². The standard InChI is InChI=1S/C16H23N3/c1-10(14-9-11-2-3-13(14)8-11)18-15-6-7-17-16(19-15)12-4-5-12/h6-7,10-14H,2-5,8-9H2,1H3,(H,17,18,19). The van der Waals surface area contributed by atoms with E-state index in [1.54, 1.807) is 0 Å². The molecule has 1 N–H and O–H groups in total. The lowest BCUT2D eigenvalue weighted by Gasteiger charge is -2.28. The molecular formula is C16H23N3. The lowest BCUT2D eigenvalue weighted by atomic mass is 9.84. The number of hydrogen-bond acceptors (Lipinski definition) is 3. The van der Waals surface area contributed by atoms with Crippen molar-refractivity contribution in [1.82, 2.24) is 9.97 Å². The topological polar surface area (TPSA) is 37.8 Å². The van der Waals surface area contributed by atoms with Gasteiger partial charge in [0.2, 0.25) is 0 Å². The maximum absolute atomic E-state index is 4.69. The van der Waals surface area contributed by atoms with Crippen LogP contribution in [0.4, 0.5) is 5.82 Å². The highest BCUT2D eigenvalue weighted by molar-refractivity contribution is 5.35. The maximum Gasteiger partial charge on any atom is 0.133 e. The fourth-order valence-electron chi connectivity index (χ4n) is 4.24. The number of rotatable bonds is 4. The lowest BCUT2D eigenvalue weighted by Crippen LogP contribution is -2.30. The molecule has 0 spiro atoms. The normalized spacial score (nSPS) is 34.5. The fraction of sp³-hybridized carbons (Fsp3) is 0.750. The third-order valence-corrected chi connectivity index (χ3v) is 5.43. The summed E-state index contributed by atoms with van der Waals surface area (Å²) in [6.45, 7) is 2.34. The van der Waals surface area contributed by atoms with E-state index < -0.39 is 0 Å². The molecule has 0 radical (unpaired) electrons. The van der Waals surface area contributed by atoms with Gasteiger partial charge in [0, 0.05) is 18.2 Å². The van der Waals surface area contributed by atoms with E-state index in [-0.39, 0.29) is 0 Å². The number of aromatic nitrogens is 2. The minimum absolute atomic E-state index is 0.553. The second kappa shape index (κ2) is 4.46. The molecular weight excluding hydrogens is 234 g/mol. The zero-order chi connectivity index (χ0) is 12.8. The van der Waals surface area contributed by atoms with Crippen molar-refractivity contribution in [2.24, 2.45) is 17.8 Å². The van der Waals surface area contributed by atoms with Gasteiger partial charge in [-0.05, 0) is 62.8 Å². The molecule has 3 nitrogen and oxygen atoms in total. The van der Waals surface area contributed by atoms with Crippen LogP contribution in [0, 0.1) is 17.8 Å². The third kappa shape index (κ3) is 2.24. The van der Waals surface area contributed by atoms with Crippen molar-refractivity contribution in [2.75, 3.05) is 5.32 Å². The van der Waals surface area contributed by atoms with Crippen LogP contribution in [0.3, 0.4) is 0 Å². The van der Waals surface area contributed by atoms with E-state index in [1.807, 2.05) is 12.3 Å². The largest absolute Gasteiger partial charge is 0.367 e. The summed E-state index contributed by atoms with van der Waals surface area (Å²) < 4.78 is 0. The van der Waals surface area contributed by atoms with Crippen molar-refractivity contribution in [1.29, 1.82) is 0 Å². The van der Waals surface area contributed by atoms with Gasteiger partial charge in [-0.2, -0.15) is 0 Å². The van der Waals surface area contributed by atoms with Crippen molar-refractivity contribution >= 4 is 5.82 Å². The second-order valence-electron chi connectivity index (χ2n) is 6.85. The van der Waals surface area contributed by atoms with E-state index in [4.69, 9.17) is 0 Å². The zero-order valence-electron chi connectivity index (χ0n) is 11.7. The summed E-state index contributed by atoms with van der Waals surface area (Å²) in [7, 11) is 0. The summed E-state index contributed by atoms with van der Waals surface area (Å²) in [4.78, 5) is 9.08. The molecule has 1 aromatic heterocycles. The van der Waals surface area contributed by atoms with Gasteiger partial charge in [0.25, 0.3) is 0 Å². The number of nitrogens with one attached hydrogen (secondary N) is 1. The molecule has 0 saturated heterocycles. The van der Waals surface area contributed by atoms with Crippen molar-refractivity contribution in [3.8, 4) is 0 Å². The first-order valence-electron chi connectivity index (χ1n) is 7.89. The van der Waals surface area contributed by atoms with Crippen molar-refractivity contribution in [3.05, 3.63) is 18.1 Å². The fourth-order valence-corrected chi connectivity index (χ4v) is 4.24. The van der Waals surface area contributed by atoms with E-state index >= 15 is 0 Å². The van der Waals surface area contributed by atoms with Crippen LogP contribution in [-0.2, 0) is 0 Å². The van der Waals surface area contributed by atoms with Crippen LogP contribution in [0.25, 0.3) is 0 Å². The van der Waals surface area contributed by atoms with Crippen LogP contribution in [0.5, 0.6) is 0 Å². The van der Waals surface area contributed by atoms with Gasteiger partial charge in [-0.3, -0.25) is 0 Å². The number of fused-ring (bicyclic) bond motifs is 2. The number of hydrogen-bond donors (Lipinski definition) is 1. The third-order valence-electron chi connectivity index (χ3n) is 5.43. The van der Waals surface area contributed by atoms with E-state index in [1.165, 1.54) is 38.5 Å². The van der Waals surface area contributed by atoms with E-state index in [0.29, 0.717) is 12.0 Å². The van der Waals surface area contributed by atoms with Gasteiger partial charge < -0.3 is 5.32 Å². The Kier molecular flexibility index (Phi) is 2.75. The highest BCUT2D eigenvalue weighted by atomic mass is 15.1. The average molecular weight is 257 g/mol. The molecule has 0 amide bonds. The Balaban J connectivity index is 1.44. The lowest BCUT2D eigenvalue weighted by molar-refractivity contribution is 0.304. The van der Waals surface area contributed by atoms with Gasteiger partial charge in [0.15, 0.2) is 0 Å². The van der Waals surface area contributed by atoms with Crippen LogP contribution in [0.15, 0.2) is 12.3 Å². The molecule has 19 heavy (non-hydrogen) atoms. The van der Waals surface area contributed by atoms with Crippen molar-refractivity contribution in [2.45, 2.75) is 57.4 Å². The molecule has 3 saturated carbocycles. The number of anilines is 1. The Hall–Kier alpha value is -1.12. The van der Waals surface area contributed by atoms with Gasteiger partial charge in [-0.15, -0.1) is 0 Å². The Bertz CT molecular complexity index is 469. The predicted octanol–water partition coefficient (Wildman–Crippen LogP) is 3.59. The summed E-state index contributed by atoms with van der Waals surface area (Å²) in [5.74, 6) is 5.57. The van der Waals surface area contributed by atoms with Gasteiger partial charge >= 0.3 is 0 Å². The first-order chi connectivity index (χ1) is 9.29. The molecule has 3 aliphatic carbocycles. The quantitative estimate of drug-likeness (QED) is 0.895. The van der Waals surface area contributed by atoms with Crippen LogP contribution < -0.4 is 5.32 Å². The molecule has 4 rings (SSSR count). The molecule has 0 aliphatic heterocycles. The summed E-state index contributed by atoms with van der Waals surface area (Å²) in [5.41, 5.74) is 0. The molecule has 3 heteroatoms. The summed E-state index contributed by atoms with van der Waals surface area (Å²) in [6, 6.07) is 2.58. The molecule has 3 fully saturated rings. The molecule has 0 aromatic carbocycles. The van der Waals surface area contributed by atoms with E-state index in [2.05, 4.69) is 22.2 Å². The van der Waals surface area contributed by atoms with Gasteiger partial charge in [-0.25, -0.2) is 9.97 Å². The zero-order valence-corrected chi connectivity index (χ0v) is 11.7. The average Bonchev–Trinajstić information content (AvgIpc) is 3.07. The van der Waals surface area contributed by atoms with Crippen molar-refractivity contribution in [3.63, 3.8) is 0 Å². The van der Waals surface area contributed by atoms with Crippen LogP contribution in [-0.4, -0.2) is 16.0 Å². The van der Waals surface area contributed by atoms with Crippen LogP contribution in [0.1, 0.15) is 57.2 Å². The highest BCUT2D eigenvalue weighted by Gasteiger charge is 2.41. The van der Waals surface area contributed by atoms with Crippen molar-refractivity contribution < 1.29 is 0 Å². The predicted molar refractivity (Wildman–Crippen MR) is 76.0 cm³/mol. The highest BCUT2D eigenvalue weighted by Crippen LogP contribution is 2.49. The molecule has 3 aliphatic rings. The summed E-state index contributed by atoms with van der Waals surface area (Å²) >= 11 is 0. The number of nitrogens with zero attached hydrogens (tertiary/aromatic N) is 2. The minimum atomic E-state index is 0.553. The Morgan fingerprint density at radius 3 is 2.79 bits per heavy atom. The van der Waals surface area contributed by atoms with Crippen LogP contribution in [0.2, 0.25) is 0 Å². The first kappa shape index (κ1) is 11.7. The SMILES string of the molecule is CC(Nc1ccnc(C2CC2)n1)C1CC2CCC1C2. The molecule has 4 unspecified atom stereocenters. The summed E-state index contributed by atoms with van der Waals surface area (Å²) in [5, 5.41) is 3.64. The van der Waals surface area contributed by atoms with Gasteiger partial charge in [0.1, 0.15) is 11.6 Å². The molecule has 2 bridgehead atoms. The summed E-state index contributed by atoms with van der Waals surface area (Å²) in [6.07, 6.45) is 10.3. The van der Waals surface area contributed by atoms with Gasteiger partial charge in [0.05, 0.1) is 0 Å². The molecule has 1 aromatic rings. The Morgan fingerprint density at radius 2 is 2.11 bits per heavy atom. The van der Waals surface area contributed by atoms with E-state index in [9.17, 15) is 0 Å². The van der Waals surface area contributed by atoms with E-state index in [0.717, 1.165) is 29.4 Å². The molecule has 1 heterocycles. The van der Waals surface area contributed by atoms with Crippen LogP contribution >= 0.6 is 0 Å². The molecule has 102 valence electrons.